The van der Waals surface area contributed by atoms with Crippen LogP contribution in [-0.4, -0.2) is 41.5 Å². The smallest absolute Gasteiger partial charge is 0.433 e. The van der Waals surface area contributed by atoms with Gasteiger partial charge < -0.3 is 15.2 Å². The minimum Gasteiger partial charge on any atom is -0.478 e. The molecule has 20 heavy (non-hydrogen) atoms. The zero-order chi connectivity index (χ0) is 14.9. The number of halogens is 4. The van der Waals surface area contributed by atoms with Gasteiger partial charge in [-0.05, 0) is 12.1 Å². The van der Waals surface area contributed by atoms with Crippen molar-refractivity contribution in [3.8, 4) is 0 Å². The summed E-state index contributed by atoms with van der Waals surface area (Å²) >= 11 is 0. The van der Waals surface area contributed by atoms with Crippen LogP contribution in [0.25, 0.3) is 0 Å². The number of carboxylic acids is 1. The van der Waals surface area contributed by atoms with E-state index in [9.17, 15) is 22.4 Å². The van der Waals surface area contributed by atoms with Crippen molar-refractivity contribution >= 4 is 11.8 Å². The Kier molecular flexibility index (Phi) is 3.80. The normalized spacial score (nSPS) is 22.8. The number of pyridine rings is 1. The van der Waals surface area contributed by atoms with Crippen molar-refractivity contribution in [1.82, 2.24) is 4.98 Å². The molecule has 2 N–H and O–H groups in total. The molecule has 1 saturated heterocycles. The lowest BCUT2D eigenvalue weighted by Gasteiger charge is -2.17. The van der Waals surface area contributed by atoms with E-state index in [0.717, 1.165) is 6.07 Å². The second-order valence-electron chi connectivity index (χ2n) is 4.20. The Bertz CT molecular complexity index is 521. The fraction of sp³-hybridized carbons (Fsp3) is 0.455. The van der Waals surface area contributed by atoms with Gasteiger partial charge in [0.05, 0.1) is 19.3 Å². The Balaban J connectivity index is 2.34. The van der Waals surface area contributed by atoms with E-state index in [-0.39, 0.29) is 13.2 Å². The highest BCUT2D eigenvalue weighted by Crippen LogP contribution is 2.30. The largest absolute Gasteiger partial charge is 0.478 e. The fourth-order valence-corrected chi connectivity index (χ4v) is 1.74. The van der Waals surface area contributed by atoms with Crippen molar-refractivity contribution in [2.75, 3.05) is 18.5 Å². The van der Waals surface area contributed by atoms with Crippen molar-refractivity contribution in [3.63, 3.8) is 0 Å². The molecule has 1 aliphatic heterocycles. The second kappa shape index (κ2) is 5.23. The lowest BCUT2D eigenvalue weighted by Crippen LogP contribution is -2.30. The van der Waals surface area contributed by atoms with Crippen LogP contribution >= 0.6 is 0 Å². The van der Waals surface area contributed by atoms with Gasteiger partial charge in [0.1, 0.15) is 23.2 Å². The molecular formula is C11H10F4N2O3. The van der Waals surface area contributed by atoms with Gasteiger partial charge in [-0.2, -0.15) is 13.2 Å². The number of alkyl halides is 4. The summed E-state index contributed by atoms with van der Waals surface area (Å²) in [5.74, 6) is -1.98. The fourth-order valence-electron chi connectivity index (χ4n) is 1.74. The molecule has 5 nitrogen and oxygen atoms in total. The molecule has 0 amide bonds. The number of hydrogen-bond acceptors (Lipinski definition) is 4. The lowest BCUT2D eigenvalue weighted by molar-refractivity contribution is -0.141. The molecule has 9 heteroatoms. The zero-order valence-corrected chi connectivity index (χ0v) is 9.95. The van der Waals surface area contributed by atoms with Crippen LogP contribution in [0.1, 0.15) is 16.1 Å². The van der Waals surface area contributed by atoms with E-state index < -0.39 is 41.4 Å². The number of anilines is 1. The number of hydrogen-bond donors (Lipinski definition) is 2. The number of aromatic nitrogens is 1. The maximum Gasteiger partial charge on any atom is 0.433 e. The van der Waals surface area contributed by atoms with Crippen LogP contribution in [0.15, 0.2) is 12.1 Å². The molecule has 110 valence electrons. The maximum atomic E-state index is 13.4. The summed E-state index contributed by atoms with van der Waals surface area (Å²) in [5, 5.41) is 11.3. The monoisotopic (exact) mass is 294 g/mol. The molecule has 2 atom stereocenters. The maximum absolute atomic E-state index is 13.4. The van der Waals surface area contributed by atoms with Crippen molar-refractivity contribution in [3.05, 3.63) is 23.4 Å². The highest BCUT2D eigenvalue weighted by Gasteiger charge is 2.35. The van der Waals surface area contributed by atoms with E-state index in [1.807, 2.05) is 0 Å². The topological polar surface area (TPSA) is 71.5 Å². The highest BCUT2D eigenvalue weighted by molar-refractivity contribution is 5.93. The molecule has 0 aliphatic carbocycles. The minimum atomic E-state index is -4.71. The number of aromatic carboxylic acids is 1. The van der Waals surface area contributed by atoms with Crippen molar-refractivity contribution in [2.24, 2.45) is 0 Å². The van der Waals surface area contributed by atoms with Crippen LogP contribution in [0.4, 0.5) is 23.4 Å². The Hall–Kier alpha value is -1.90. The summed E-state index contributed by atoms with van der Waals surface area (Å²) < 4.78 is 55.8. The van der Waals surface area contributed by atoms with E-state index in [2.05, 4.69) is 10.3 Å². The Labute approximate surface area is 110 Å². The van der Waals surface area contributed by atoms with Gasteiger partial charge in [-0.15, -0.1) is 0 Å². The molecule has 0 bridgehead atoms. The van der Waals surface area contributed by atoms with Gasteiger partial charge >= 0.3 is 12.1 Å². The van der Waals surface area contributed by atoms with Gasteiger partial charge in [0.2, 0.25) is 0 Å². The van der Waals surface area contributed by atoms with E-state index in [1.54, 1.807) is 0 Å². The average molecular weight is 294 g/mol. The van der Waals surface area contributed by atoms with Crippen LogP contribution < -0.4 is 5.32 Å². The van der Waals surface area contributed by atoms with Gasteiger partial charge in [-0.25, -0.2) is 14.2 Å². The molecule has 0 spiro atoms. The number of carboxylic acid groups (broad SMARTS) is 1. The molecule has 2 rings (SSSR count). The molecule has 0 radical (unpaired) electrons. The van der Waals surface area contributed by atoms with E-state index in [0.29, 0.717) is 6.07 Å². The number of nitrogens with zero attached hydrogens (tertiary/aromatic N) is 1. The van der Waals surface area contributed by atoms with Crippen LogP contribution in [0.3, 0.4) is 0 Å². The third-order valence-electron chi connectivity index (χ3n) is 2.75. The first kappa shape index (κ1) is 14.5. The summed E-state index contributed by atoms with van der Waals surface area (Å²) in [4.78, 5) is 14.2. The Morgan fingerprint density at radius 2 is 2.10 bits per heavy atom. The summed E-state index contributed by atoms with van der Waals surface area (Å²) in [5.41, 5.74) is -1.71. The summed E-state index contributed by atoms with van der Waals surface area (Å²) in [6.07, 6.45) is -6.15. The third-order valence-corrected chi connectivity index (χ3v) is 2.75. The molecule has 1 aromatic rings. The standard InChI is InChI=1S/C11H10F4N2O3/c12-6-3-20-4-7(6)16-9-5(10(18)19)1-2-8(17-9)11(13,14)15/h1-2,6-7H,3-4H2,(H,16,17)(H,18,19)/t6-,7-/m1/s1. The summed E-state index contributed by atoms with van der Waals surface area (Å²) in [6, 6.07) is 0.417. The van der Waals surface area contributed by atoms with E-state index >= 15 is 0 Å². The van der Waals surface area contributed by atoms with E-state index in [4.69, 9.17) is 9.84 Å². The van der Waals surface area contributed by atoms with Crippen molar-refractivity contribution in [1.29, 1.82) is 0 Å². The molecular weight excluding hydrogens is 284 g/mol. The van der Waals surface area contributed by atoms with Crippen molar-refractivity contribution < 1.29 is 32.2 Å². The molecule has 0 aromatic carbocycles. The first-order valence-electron chi connectivity index (χ1n) is 5.59. The Morgan fingerprint density at radius 3 is 2.60 bits per heavy atom. The number of ether oxygens (including phenoxy) is 1. The van der Waals surface area contributed by atoms with Crippen LogP contribution in [0.2, 0.25) is 0 Å². The summed E-state index contributed by atoms with van der Waals surface area (Å²) in [7, 11) is 0. The molecule has 1 fully saturated rings. The predicted octanol–water partition coefficient (Wildman–Crippen LogP) is 1.95. The number of rotatable bonds is 3. The SMILES string of the molecule is O=C(O)c1ccc(C(F)(F)F)nc1N[C@@H]1COC[C@H]1F. The quantitative estimate of drug-likeness (QED) is 0.834. The van der Waals surface area contributed by atoms with Crippen LogP contribution in [0, 0.1) is 0 Å². The second-order valence-corrected chi connectivity index (χ2v) is 4.20. The van der Waals surface area contributed by atoms with Gasteiger partial charge in [0.25, 0.3) is 0 Å². The first-order valence-corrected chi connectivity index (χ1v) is 5.59. The van der Waals surface area contributed by atoms with Crippen molar-refractivity contribution in [2.45, 2.75) is 18.4 Å². The summed E-state index contributed by atoms with van der Waals surface area (Å²) in [6.45, 7) is -0.267. The highest BCUT2D eigenvalue weighted by atomic mass is 19.4. The van der Waals surface area contributed by atoms with Crippen LogP contribution in [-0.2, 0) is 10.9 Å². The van der Waals surface area contributed by atoms with Gasteiger partial charge in [-0.1, -0.05) is 0 Å². The zero-order valence-electron chi connectivity index (χ0n) is 9.95. The third kappa shape index (κ3) is 2.98. The average Bonchev–Trinajstić information content (AvgIpc) is 2.73. The Morgan fingerprint density at radius 1 is 1.40 bits per heavy atom. The molecule has 1 aliphatic rings. The predicted molar refractivity (Wildman–Crippen MR) is 59.3 cm³/mol. The number of nitrogens with one attached hydrogen (secondary N) is 1. The lowest BCUT2D eigenvalue weighted by atomic mass is 10.2. The van der Waals surface area contributed by atoms with Crippen LogP contribution in [0.5, 0.6) is 0 Å². The molecule has 0 saturated carbocycles. The first-order chi connectivity index (χ1) is 9.29. The minimum absolute atomic E-state index is 0.0713. The molecule has 2 heterocycles. The van der Waals surface area contributed by atoms with E-state index in [1.165, 1.54) is 0 Å². The molecule has 0 unspecified atom stereocenters. The number of carbonyl (C=O) groups is 1. The van der Waals surface area contributed by atoms with Gasteiger partial charge in [0.15, 0.2) is 0 Å². The molecule has 1 aromatic heterocycles. The van der Waals surface area contributed by atoms with Gasteiger partial charge in [-0.3, -0.25) is 0 Å². The van der Waals surface area contributed by atoms with Gasteiger partial charge in [0, 0.05) is 0 Å².